The molecule has 0 radical (unpaired) electrons. The van der Waals surface area contributed by atoms with Crippen molar-refractivity contribution in [3.05, 3.63) is 35.4 Å². The fourth-order valence-electron chi connectivity index (χ4n) is 2.41. The van der Waals surface area contributed by atoms with Crippen LogP contribution < -0.4 is 10.6 Å². The number of hydrogen-bond donors (Lipinski definition) is 2. The van der Waals surface area contributed by atoms with Gasteiger partial charge in [-0.25, -0.2) is 0 Å². The number of hydrogen-bond acceptors (Lipinski definition) is 2. The number of likely N-dealkylation sites (N-methyl/N-ethyl adjacent to an activating group) is 1. The van der Waals surface area contributed by atoms with Crippen LogP contribution in [0.1, 0.15) is 30.4 Å². The zero-order valence-corrected chi connectivity index (χ0v) is 12.4. The van der Waals surface area contributed by atoms with E-state index in [9.17, 15) is 4.79 Å². The zero-order valence-electron chi connectivity index (χ0n) is 11.6. The van der Waals surface area contributed by atoms with Crippen LogP contribution in [-0.4, -0.2) is 25.5 Å². The van der Waals surface area contributed by atoms with Crippen molar-refractivity contribution in [2.45, 2.75) is 26.2 Å². The van der Waals surface area contributed by atoms with Gasteiger partial charge in [-0.1, -0.05) is 31.2 Å². The van der Waals surface area contributed by atoms with Gasteiger partial charge < -0.3 is 10.6 Å². The van der Waals surface area contributed by atoms with Crippen molar-refractivity contribution in [1.29, 1.82) is 0 Å². The Labute approximate surface area is 121 Å². The first-order valence-electron chi connectivity index (χ1n) is 6.78. The minimum Gasteiger partial charge on any atom is -0.355 e. The predicted octanol–water partition coefficient (Wildman–Crippen LogP) is 2.25. The molecule has 1 aromatic carbocycles. The molecular formula is C15H23ClN2O. The van der Waals surface area contributed by atoms with Crippen LogP contribution in [0.3, 0.4) is 0 Å². The van der Waals surface area contributed by atoms with Gasteiger partial charge in [0, 0.05) is 19.0 Å². The number of nitrogens with one attached hydrogen (secondary N) is 2. The molecule has 2 N–H and O–H groups in total. The summed E-state index contributed by atoms with van der Waals surface area (Å²) in [5, 5.41) is 6.20. The normalized spacial score (nSPS) is 20.5. The second-order valence-electron chi connectivity index (χ2n) is 4.95. The molecule has 1 aliphatic carbocycles. The van der Waals surface area contributed by atoms with Crippen molar-refractivity contribution in [2.24, 2.45) is 5.92 Å². The van der Waals surface area contributed by atoms with E-state index in [0.717, 1.165) is 26.1 Å². The Morgan fingerprint density at radius 3 is 2.74 bits per heavy atom. The monoisotopic (exact) mass is 282 g/mol. The van der Waals surface area contributed by atoms with E-state index in [0.29, 0.717) is 5.92 Å². The molecule has 0 aliphatic heterocycles. The first kappa shape index (κ1) is 16.0. The third kappa shape index (κ3) is 4.22. The van der Waals surface area contributed by atoms with E-state index in [1.165, 1.54) is 11.1 Å². The Morgan fingerprint density at radius 1 is 1.32 bits per heavy atom. The van der Waals surface area contributed by atoms with Crippen LogP contribution in [0.25, 0.3) is 0 Å². The molecule has 2 atom stereocenters. The molecular weight excluding hydrogens is 260 g/mol. The molecule has 0 saturated heterocycles. The maximum atomic E-state index is 11.9. The average molecular weight is 283 g/mol. The van der Waals surface area contributed by atoms with Crippen LogP contribution in [0.5, 0.6) is 0 Å². The van der Waals surface area contributed by atoms with E-state index in [1.54, 1.807) is 0 Å². The summed E-state index contributed by atoms with van der Waals surface area (Å²) in [6.45, 7) is 6.71. The Bertz CT molecular complexity index is 422. The minimum atomic E-state index is 0. The van der Waals surface area contributed by atoms with E-state index >= 15 is 0 Å². The lowest BCUT2D eigenvalue weighted by Crippen LogP contribution is -2.32. The number of aryl methyl sites for hydroxylation is 1. The first-order valence-corrected chi connectivity index (χ1v) is 6.78. The summed E-state index contributed by atoms with van der Waals surface area (Å²) in [6.07, 6.45) is 0.998. The third-order valence-electron chi connectivity index (χ3n) is 3.57. The lowest BCUT2D eigenvalue weighted by Gasteiger charge is -2.06. The van der Waals surface area contributed by atoms with Gasteiger partial charge in [0.2, 0.25) is 5.91 Å². The number of carbonyl (C=O) groups excluding carboxylic acids is 1. The molecule has 1 fully saturated rings. The first-order chi connectivity index (χ1) is 8.74. The van der Waals surface area contributed by atoms with E-state index in [4.69, 9.17) is 0 Å². The van der Waals surface area contributed by atoms with Crippen LogP contribution in [0.2, 0.25) is 0 Å². The molecule has 0 spiro atoms. The van der Waals surface area contributed by atoms with Crippen LogP contribution in [0.15, 0.2) is 24.3 Å². The Hall–Kier alpha value is -1.06. The number of amides is 1. The highest BCUT2D eigenvalue weighted by atomic mass is 35.5. The van der Waals surface area contributed by atoms with Crippen LogP contribution in [-0.2, 0) is 4.79 Å². The summed E-state index contributed by atoms with van der Waals surface area (Å²) < 4.78 is 0. The van der Waals surface area contributed by atoms with E-state index < -0.39 is 0 Å². The maximum Gasteiger partial charge on any atom is 0.223 e. The summed E-state index contributed by atoms with van der Waals surface area (Å²) in [5.74, 6) is 0.833. The summed E-state index contributed by atoms with van der Waals surface area (Å²) >= 11 is 0. The molecule has 2 rings (SSSR count). The van der Waals surface area contributed by atoms with Gasteiger partial charge in [-0.3, -0.25) is 4.79 Å². The molecule has 1 saturated carbocycles. The lowest BCUT2D eigenvalue weighted by molar-refractivity contribution is -0.122. The predicted molar refractivity (Wildman–Crippen MR) is 80.8 cm³/mol. The molecule has 1 aromatic rings. The fourth-order valence-corrected chi connectivity index (χ4v) is 2.41. The molecule has 106 valence electrons. The Kier molecular flexibility index (Phi) is 6.32. The molecule has 0 aromatic heterocycles. The maximum absolute atomic E-state index is 11.9. The SMILES string of the molecule is CCNCCNC(=O)C1CC1c1ccccc1C.Cl. The van der Waals surface area contributed by atoms with Crippen molar-refractivity contribution >= 4 is 18.3 Å². The number of benzene rings is 1. The highest BCUT2D eigenvalue weighted by molar-refractivity contribution is 5.85. The summed E-state index contributed by atoms with van der Waals surface area (Å²) in [7, 11) is 0. The quantitative estimate of drug-likeness (QED) is 0.786. The number of carbonyl (C=O) groups is 1. The van der Waals surface area contributed by atoms with Gasteiger partial charge in [0.25, 0.3) is 0 Å². The molecule has 2 unspecified atom stereocenters. The summed E-state index contributed by atoms with van der Waals surface area (Å²) in [5.41, 5.74) is 2.63. The van der Waals surface area contributed by atoms with E-state index in [-0.39, 0.29) is 24.2 Å². The van der Waals surface area contributed by atoms with Crippen molar-refractivity contribution < 1.29 is 4.79 Å². The molecule has 4 heteroatoms. The second kappa shape index (κ2) is 7.51. The molecule has 0 heterocycles. The van der Waals surface area contributed by atoms with Crippen molar-refractivity contribution in [2.75, 3.05) is 19.6 Å². The van der Waals surface area contributed by atoms with Gasteiger partial charge in [0.1, 0.15) is 0 Å². The highest BCUT2D eigenvalue weighted by Gasteiger charge is 2.44. The van der Waals surface area contributed by atoms with Crippen molar-refractivity contribution in [3.63, 3.8) is 0 Å². The smallest absolute Gasteiger partial charge is 0.223 e. The highest BCUT2D eigenvalue weighted by Crippen LogP contribution is 2.48. The molecule has 1 aliphatic rings. The largest absolute Gasteiger partial charge is 0.355 e. The van der Waals surface area contributed by atoms with Crippen LogP contribution in [0.4, 0.5) is 0 Å². The fraction of sp³-hybridized carbons (Fsp3) is 0.533. The zero-order chi connectivity index (χ0) is 13.0. The second-order valence-corrected chi connectivity index (χ2v) is 4.95. The lowest BCUT2D eigenvalue weighted by atomic mass is 10.0. The molecule has 1 amide bonds. The average Bonchev–Trinajstić information content (AvgIpc) is 3.15. The van der Waals surface area contributed by atoms with Gasteiger partial charge >= 0.3 is 0 Å². The summed E-state index contributed by atoms with van der Waals surface area (Å²) in [6, 6.07) is 8.37. The van der Waals surface area contributed by atoms with Gasteiger partial charge in [-0.05, 0) is 36.9 Å². The van der Waals surface area contributed by atoms with Gasteiger partial charge in [-0.2, -0.15) is 0 Å². The van der Waals surface area contributed by atoms with Crippen molar-refractivity contribution in [3.8, 4) is 0 Å². The molecule has 3 nitrogen and oxygen atoms in total. The topological polar surface area (TPSA) is 41.1 Å². The van der Waals surface area contributed by atoms with E-state index in [1.807, 2.05) is 6.07 Å². The number of rotatable bonds is 6. The van der Waals surface area contributed by atoms with Crippen molar-refractivity contribution in [1.82, 2.24) is 10.6 Å². The Morgan fingerprint density at radius 2 is 2.05 bits per heavy atom. The molecule has 19 heavy (non-hydrogen) atoms. The van der Waals surface area contributed by atoms with Gasteiger partial charge in [-0.15, -0.1) is 12.4 Å². The molecule has 0 bridgehead atoms. The van der Waals surface area contributed by atoms with Crippen LogP contribution in [0, 0.1) is 12.8 Å². The van der Waals surface area contributed by atoms with E-state index in [2.05, 4.69) is 42.7 Å². The van der Waals surface area contributed by atoms with Crippen LogP contribution >= 0.6 is 12.4 Å². The van der Waals surface area contributed by atoms with Gasteiger partial charge in [0.15, 0.2) is 0 Å². The standard InChI is InChI=1S/C15H22N2O.ClH/c1-3-16-8-9-17-15(18)14-10-13(14)12-7-5-4-6-11(12)2;/h4-7,13-14,16H,3,8-10H2,1-2H3,(H,17,18);1H. The van der Waals surface area contributed by atoms with Gasteiger partial charge in [0.05, 0.1) is 0 Å². The number of halogens is 1. The minimum absolute atomic E-state index is 0. The summed E-state index contributed by atoms with van der Waals surface area (Å²) in [4.78, 5) is 11.9. The Balaban J connectivity index is 0.00000180. The third-order valence-corrected chi connectivity index (χ3v) is 3.57.